The molecule has 0 aromatic carbocycles. The maximum Gasteiger partial charge on any atom is 0.472 e. The second-order valence-corrected chi connectivity index (χ2v) is 18.8. The molecule has 0 amide bonds. The van der Waals surface area contributed by atoms with E-state index in [0.717, 1.165) is 64.2 Å². The van der Waals surface area contributed by atoms with Gasteiger partial charge in [-0.15, -0.1) is 0 Å². The molecule has 0 heterocycles. The van der Waals surface area contributed by atoms with Crippen molar-refractivity contribution in [2.45, 2.75) is 264 Å². The van der Waals surface area contributed by atoms with Crippen LogP contribution in [0.3, 0.4) is 0 Å². The first-order chi connectivity index (χ1) is 30.2. The van der Waals surface area contributed by atoms with Crippen LogP contribution in [-0.4, -0.2) is 66.5 Å². The van der Waals surface area contributed by atoms with Gasteiger partial charge in [-0.2, -0.15) is 0 Å². The number of ether oxygens (including phenoxy) is 3. The number of aliphatic hydroxyl groups excluding tert-OH is 1. The third-order valence-electron chi connectivity index (χ3n) is 11.2. The summed E-state index contributed by atoms with van der Waals surface area (Å²) in [6.07, 6.45) is 40.6. The summed E-state index contributed by atoms with van der Waals surface area (Å²) in [5.41, 5.74) is 0. The molecule has 0 aliphatic carbocycles. The van der Waals surface area contributed by atoms with Crippen LogP contribution in [0.1, 0.15) is 252 Å². The molecule has 0 bridgehead atoms. The number of rotatable bonds is 48. The van der Waals surface area contributed by atoms with Crippen LogP contribution in [0.15, 0.2) is 12.2 Å². The first-order valence-electron chi connectivity index (χ1n) is 25.6. The largest absolute Gasteiger partial charge is 0.472 e. The van der Waals surface area contributed by atoms with Gasteiger partial charge in [0.1, 0.15) is 12.7 Å². The Morgan fingerprint density at radius 1 is 0.435 bits per heavy atom. The summed E-state index contributed by atoms with van der Waals surface area (Å²) < 4.78 is 39.2. The number of phosphoric acid groups is 1. The second kappa shape index (κ2) is 45.8. The van der Waals surface area contributed by atoms with E-state index in [0.29, 0.717) is 19.3 Å². The molecule has 366 valence electrons. The molecule has 0 aliphatic rings. The Kier molecular flexibility index (Phi) is 44.5. The van der Waals surface area contributed by atoms with Crippen molar-refractivity contribution in [1.29, 1.82) is 0 Å². The number of unbranched alkanes of at least 4 members (excludes halogenated alkanes) is 29. The van der Waals surface area contributed by atoms with Gasteiger partial charge in [0.25, 0.3) is 0 Å². The van der Waals surface area contributed by atoms with Crippen molar-refractivity contribution < 1.29 is 52.2 Å². The molecule has 0 aromatic heterocycles. The Balaban J connectivity index is 4.64. The van der Waals surface area contributed by atoms with Gasteiger partial charge in [0, 0.05) is 19.3 Å². The number of carbonyl (C=O) groups excluding carboxylic acids is 3. The fourth-order valence-corrected chi connectivity index (χ4v) is 8.02. The van der Waals surface area contributed by atoms with E-state index < -0.39 is 57.8 Å². The van der Waals surface area contributed by atoms with Crippen molar-refractivity contribution in [3.05, 3.63) is 12.2 Å². The SMILES string of the molecule is CCCCCCCC/C=C\CCCCCCCCCC(=O)OCC(COP(=O)(O)OCC(CO)OC(=O)CCCCCCCCCCC)OC(=O)CCCCCCCCCCC. The molecule has 0 spiro atoms. The van der Waals surface area contributed by atoms with Crippen LogP contribution in [0, 0.1) is 0 Å². The Hall–Kier alpha value is -1.78. The van der Waals surface area contributed by atoms with Crippen molar-refractivity contribution in [2.24, 2.45) is 0 Å². The highest BCUT2D eigenvalue weighted by Crippen LogP contribution is 2.43. The molecule has 0 radical (unpaired) electrons. The summed E-state index contributed by atoms with van der Waals surface area (Å²) in [5, 5.41) is 9.72. The Morgan fingerprint density at radius 2 is 0.742 bits per heavy atom. The molecule has 11 nitrogen and oxygen atoms in total. The van der Waals surface area contributed by atoms with Crippen LogP contribution in [0.4, 0.5) is 0 Å². The molecule has 0 aliphatic heterocycles. The Bertz CT molecular complexity index is 1100. The smallest absolute Gasteiger partial charge is 0.462 e. The molecule has 3 unspecified atom stereocenters. The van der Waals surface area contributed by atoms with Gasteiger partial charge in [0.05, 0.1) is 19.8 Å². The average Bonchev–Trinajstić information content (AvgIpc) is 3.25. The summed E-state index contributed by atoms with van der Waals surface area (Å²) in [6.45, 7) is 4.60. The topological polar surface area (TPSA) is 155 Å². The maximum absolute atomic E-state index is 12.8. The first-order valence-corrected chi connectivity index (χ1v) is 27.1. The molecular formula is C50H95O11P. The molecule has 62 heavy (non-hydrogen) atoms. The van der Waals surface area contributed by atoms with Crippen LogP contribution in [-0.2, 0) is 42.2 Å². The van der Waals surface area contributed by atoms with E-state index in [-0.39, 0.29) is 25.9 Å². The molecule has 0 aromatic rings. The highest BCUT2D eigenvalue weighted by atomic mass is 31.2. The van der Waals surface area contributed by atoms with Gasteiger partial charge in [-0.3, -0.25) is 23.4 Å². The normalized spacial score (nSPS) is 13.6. The number of esters is 3. The third kappa shape index (κ3) is 43.5. The van der Waals surface area contributed by atoms with Gasteiger partial charge in [0.15, 0.2) is 6.10 Å². The number of phosphoric ester groups is 1. The van der Waals surface area contributed by atoms with Crippen LogP contribution < -0.4 is 0 Å². The van der Waals surface area contributed by atoms with Crippen LogP contribution in [0.2, 0.25) is 0 Å². The monoisotopic (exact) mass is 903 g/mol. The van der Waals surface area contributed by atoms with E-state index in [1.165, 1.54) is 128 Å². The quantitative estimate of drug-likeness (QED) is 0.0197. The third-order valence-corrected chi connectivity index (χ3v) is 12.1. The lowest BCUT2D eigenvalue weighted by atomic mass is 10.1. The molecule has 3 atom stereocenters. The van der Waals surface area contributed by atoms with Crippen LogP contribution >= 0.6 is 7.82 Å². The zero-order valence-electron chi connectivity index (χ0n) is 40.1. The van der Waals surface area contributed by atoms with Crippen molar-refractivity contribution in [3.63, 3.8) is 0 Å². The summed E-state index contributed by atoms with van der Waals surface area (Å²) in [6, 6.07) is 0. The highest BCUT2D eigenvalue weighted by molar-refractivity contribution is 7.47. The summed E-state index contributed by atoms with van der Waals surface area (Å²) in [7, 11) is -4.72. The molecule has 0 saturated heterocycles. The summed E-state index contributed by atoms with van der Waals surface area (Å²) >= 11 is 0. The van der Waals surface area contributed by atoms with Crippen molar-refractivity contribution in [1.82, 2.24) is 0 Å². The lowest BCUT2D eigenvalue weighted by Gasteiger charge is -2.21. The highest BCUT2D eigenvalue weighted by Gasteiger charge is 2.28. The number of hydrogen-bond donors (Lipinski definition) is 2. The first kappa shape index (κ1) is 60.2. The predicted molar refractivity (Wildman–Crippen MR) is 252 cm³/mol. The minimum Gasteiger partial charge on any atom is -0.462 e. The maximum atomic E-state index is 12.8. The van der Waals surface area contributed by atoms with Crippen molar-refractivity contribution in [2.75, 3.05) is 26.4 Å². The van der Waals surface area contributed by atoms with Crippen LogP contribution in [0.25, 0.3) is 0 Å². The van der Waals surface area contributed by atoms with Crippen LogP contribution in [0.5, 0.6) is 0 Å². The molecule has 0 saturated carbocycles. The van der Waals surface area contributed by atoms with E-state index >= 15 is 0 Å². The zero-order chi connectivity index (χ0) is 45.6. The van der Waals surface area contributed by atoms with E-state index in [1.54, 1.807) is 0 Å². The van der Waals surface area contributed by atoms with Gasteiger partial charge in [0.2, 0.25) is 0 Å². The summed E-state index contributed by atoms with van der Waals surface area (Å²) in [5.74, 6) is -1.45. The van der Waals surface area contributed by atoms with E-state index in [1.807, 2.05) is 0 Å². The van der Waals surface area contributed by atoms with Gasteiger partial charge in [-0.25, -0.2) is 4.57 Å². The predicted octanol–water partition coefficient (Wildman–Crippen LogP) is 14.1. The Morgan fingerprint density at radius 3 is 1.11 bits per heavy atom. The lowest BCUT2D eigenvalue weighted by Crippen LogP contribution is -2.30. The Labute approximate surface area is 379 Å². The van der Waals surface area contributed by atoms with Gasteiger partial charge >= 0.3 is 25.7 Å². The van der Waals surface area contributed by atoms with E-state index in [4.69, 9.17) is 23.3 Å². The van der Waals surface area contributed by atoms with Gasteiger partial charge < -0.3 is 24.2 Å². The lowest BCUT2D eigenvalue weighted by molar-refractivity contribution is -0.161. The van der Waals surface area contributed by atoms with E-state index in [2.05, 4.69) is 32.9 Å². The number of hydrogen-bond acceptors (Lipinski definition) is 10. The number of allylic oxidation sites excluding steroid dienone is 2. The van der Waals surface area contributed by atoms with Crippen molar-refractivity contribution >= 4 is 25.7 Å². The minimum atomic E-state index is -4.72. The fourth-order valence-electron chi connectivity index (χ4n) is 7.23. The van der Waals surface area contributed by atoms with Gasteiger partial charge in [-0.1, -0.05) is 200 Å². The van der Waals surface area contributed by atoms with Crippen molar-refractivity contribution in [3.8, 4) is 0 Å². The minimum absolute atomic E-state index is 0.173. The second-order valence-electron chi connectivity index (χ2n) is 17.3. The standard InChI is InChI=1S/C50H95O11P/c1-4-7-10-13-16-19-20-21-22-23-24-25-26-29-30-33-36-39-48(52)57-43-47(61-50(54)41-38-35-32-28-18-15-12-9-6-3)45-59-62(55,56)58-44-46(42-51)60-49(53)40-37-34-31-27-17-14-11-8-5-2/h21-22,46-47,51H,4-20,23-45H2,1-3H3,(H,55,56)/b22-21-. The average molecular weight is 903 g/mol. The van der Waals surface area contributed by atoms with Gasteiger partial charge in [-0.05, 0) is 44.9 Å². The molecule has 0 rings (SSSR count). The number of carbonyl (C=O) groups is 3. The molecule has 0 fully saturated rings. The number of aliphatic hydroxyl groups is 1. The molecular weight excluding hydrogens is 808 g/mol. The molecule has 12 heteroatoms. The fraction of sp³-hybridized carbons (Fsp3) is 0.900. The summed E-state index contributed by atoms with van der Waals surface area (Å²) in [4.78, 5) is 48.1. The molecule has 2 N–H and O–H groups in total. The zero-order valence-corrected chi connectivity index (χ0v) is 41.0. The van der Waals surface area contributed by atoms with E-state index in [9.17, 15) is 28.9 Å².